The minimum absolute atomic E-state index is 0.216. The van der Waals surface area contributed by atoms with Gasteiger partial charge in [-0.2, -0.15) is 4.68 Å². The summed E-state index contributed by atoms with van der Waals surface area (Å²) in [4.78, 5) is 34.9. The van der Waals surface area contributed by atoms with E-state index < -0.39 is 23.2 Å². The first-order chi connectivity index (χ1) is 12.5. The van der Waals surface area contributed by atoms with Crippen LogP contribution in [-0.4, -0.2) is 51.1 Å². The Labute approximate surface area is 162 Å². The molecule has 2 rings (SSSR count). The van der Waals surface area contributed by atoms with Crippen LogP contribution in [0.3, 0.4) is 0 Å². The number of fused-ring (bicyclic) bond motifs is 1. The van der Waals surface area contributed by atoms with E-state index in [4.69, 9.17) is 26.8 Å². The van der Waals surface area contributed by atoms with Crippen molar-refractivity contribution in [2.24, 2.45) is 0 Å². The Morgan fingerprint density at radius 1 is 1.11 bits per heavy atom. The van der Waals surface area contributed by atoms with Gasteiger partial charge < -0.3 is 19.9 Å². The Hall–Kier alpha value is -2.49. The van der Waals surface area contributed by atoms with Gasteiger partial charge in [0.15, 0.2) is 5.82 Å². The lowest BCUT2D eigenvalue weighted by Gasteiger charge is -2.24. The van der Waals surface area contributed by atoms with E-state index in [1.807, 2.05) is 0 Å². The van der Waals surface area contributed by atoms with Crippen molar-refractivity contribution < 1.29 is 28.6 Å². The molecule has 0 bridgehead atoms. The van der Waals surface area contributed by atoms with Crippen molar-refractivity contribution in [3.05, 3.63) is 11.3 Å². The topological polar surface area (TPSA) is 126 Å². The van der Waals surface area contributed by atoms with Crippen molar-refractivity contribution in [1.82, 2.24) is 14.7 Å². The Morgan fingerprint density at radius 2 is 1.70 bits per heavy atom. The molecule has 0 spiro atoms. The molecule has 1 amide bonds. The highest BCUT2D eigenvalue weighted by Gasteiger charge is 2.34. The third-order valence-electron chi connectivity index (χ3n) is 3.16. The fraction of sp³-hybridized carbons (Fsp3) is 0.625. The molecule has 0 atom stereocenters. The summed E-state index contributed by atoms with van der Waals surface area (Å²) >= 11 is 4.72. The van der Waals surface area contributed by atoms with Gasteiger partial charge in [-0.3, -0.25) is 4.90 Å². The summed E-state index contributed by atoms with van der Waals surface area (Å²) in [5, 5.41) is 3.96. The van der Waals surface area contributed by atoms with Crippen LogP contribution >= 0.6 is 11.6 Å². The van der Waals surface area contributed by atoms with E-state index in [0.29, 0.717) is 17.9 Å². The quantitative estimate of drug-likeness (QED) is 0.588. The monoisotopic (exact) mass is 404 g/mol. The lowest BCUT2D eigenvalue weighted by Crippen LogP contribution is -2.34. The predicted molar refractivity (Wildman–Crippen MR) is 97.4 cm³/mol. The molecule has 11 heteroatoms. The molecular weight excluding hydrogens is 380 g/mol. The van der Waals surface area contributed by atoms with Crippen molar-refractivity contribution >= 4 is 35.0 Å². The third-order valence-corrected chi connectivity index (χ3v) is 3.27. The Kier molecular flexibility index (Phi) is 7.89. The number of anilines is 1. The fourth-order valence-corrected chi connectivity index (χ4v) is 2.28. The summed E-state index contributed by atoms with van der Waals surface area (Å²) in [6, 6.07) is 0. The zero-order valence-electron chi connectivity index (χ0n) is 16.1. The predicted octanol–water partition coefficient (Wildman–Crippen LogP) is 3.10. The molecule has 1 aromatic rings. The van der Waals surface area contributed by atoms with Gasteiger partial charge >= 0.3 is 17.6 Å². The van der Waals surface area contributed by atoms with Crippen molar-refractivity contribution in [3.8, 4) is 0 Å². The summed E-state index contributed by atoms with van der Waals surface area (Å²) in [6.45, 7) is 9.86. The smallest absolute Gasteiger partial charge is 0.435 e. The van der Waals surface area contributed by atoms with Crippen LogP contribution in [0.1, 0.15) is 45.9 Å². The first kappa shape index (κ1) is 22.6. The zero-order chi connectivity index (χ0) is 20.8. The summed E-state index contributed by atoms with van der Waals surface area (Å²) in [6.07, 6.45) is -1.05. The summed E-state index contributed by atoms with van der Waals surface area (Å²) in [5.41, 5.74) is 5.71. The van der Waals surface area contributed by atoms with Crippen molar-refractivity contribution in [2.75, 3.05) is 18.9 Å². The zero-order valence-corrected chi connectivity index (χ0v) is 16.8. The van der Waals surface area contributed by atoms with E-state index in [0.717, 1.165) is 4.68 Å². The minimum Gasteiger partial charge on any atom is -0.454 e. The molecular formula is C16H25ClN4O6. The van der Waals surface area contributed by atoms with Crippen molar-refractivity contribution in [1.29, 1.82) is 0 Å². The number of nitrogens with zero attached hydrogens (tertiary/aromatic N) is 3. The SMILES string of the molecule is CCOC(=O)Cl.CCOC(=O)n1nc(N)c2c1CN(C(=O)OC(C)(C)C)C2. The molecule has 0 fully saturated rings. The van der Waals surface area contributed by atoms with Gasteiger partial charge in [0.1, 0.15) is 5.60 Å². The highest BCUT2D eigenvalue weighted by atomic mass is 35.5. The van der Waals surface area contributed by atoms with Crippen LogP contribution < -0.4 is 5.73 Å². The lowest BCUT2D eigenvalue weighted by molar-refractivity contribution is 0.0238. The minimum atomic E-state index is -0.738. The molecule has 0 aliphatic carbocycles. The second kappa shape index (κ2) is 9.45. The molecule has 152 valence electrons. The maximum Gasteiger partial charge on any atom is 0.435 e. The molecule has 1 aliphatic heterocycles. The number of nitrogens with two attached hydrogens (primary N) is 1. The third kappa shape index (κ3) is 6.63. The number of aromatic nitrogens is 2. The molecule has 2 heterocycles. The summed E-state index contributed by atoms with van der Waals surface area (Å²) in [5.74, 6) is 0.226. The molecule has 2 N–H and O–H groups in total. The summed E-state index contributed by atoms with van der Waals surface area (Å²) < 4.78 is 15.5. The van der Waals surface area contributed by atoms with Crippen LogP contribution in [-0.2, 0) is 27.3 Å². The van der Waals surface area contributed by atoms with Gasteiger partial charge in [0, 0.05) is 17.2 Å². The van der Waals surface area contributed by atoms with Gasteiger partial charge in [0.25, 0.3) is 0 Å². The van der Waals surface area contributed by atoms with Gasteiger partial charge in [-0.15, -0.1) is 5.10 Å². The number of hydrogen-bond acceptors (Lipinski definition) is 8. The highest BCUT2D eigenvalue weighted by molar-refractivity contribution is 6.61. The number of amides is 1. The number of rotatable bonds is 2. The molecule has 0 saturated heterocycles. The second-order valence-corrected chi connectivity index (χ2v) is 6.74. The molecule has 1 aliphatic rings. The maximum atomic E-state index is 12.1. The van der Waals surface area contributed by atoms with Gasteiger partial charge in [-0.1, -0.05) is 0 Å². The number of nitrogen functional groups attached to an aromatic ring is 1. The van der Waals surface area contributed by atoms with Gasteiger partial charge in [-0.25, -0.2) is 14.4 Å². The van der Waals surface area contributed by atoms with Crippen LogP contribution in [0.5, 0.6) is 0 Å². The van der Waals surface area contributed by atoms with Crippen LogP contribution in [0.4, 0.5) is 20.2 Å². The van der Waals surface area contributed by atoms with E-state index in [-0.39, 0.29) is 25.5 Å². The molecule has 0 unspecified atom stereocenters. The molecule has 1 aromatic heterocycles. The summed E-state index contributed by atoms with van der Waals surface area (Å²) in [7, 11) is 0. The average Bonchev–Trinajstić information content (AvgIpc) is 3.07. The van der Waals surface area contributed by atoms with Crippen LogP contribution in [0, 0.1) is 0 Å². The first-order valence-electron chi connectivity index (χ1n) is 8.33. The highest BCUT2D eigenvalue weighted by Crippen LogP contribution is 2.28. The average molecular weight is 405 g/mol. The standard InChI is InChI=1S/C13H20N4O4.C3H5ClO2/c1-5-20-12(19)17-9-7-16(6-8(9)10(14)15-17)11(18)21-13(2,3)4;1-2-6-3(4)5/h5-7H2,1-4H3,(H2,14,15);2H2,1H3. The van der Waals surface area contributed by atoms with E-state index in [1.54, 1.807) is 34.6 Å². The van der Waals surface area contributed by atoms with Crippen LogP contribution in [0.2, 0.25) is 0 Å². The Morgan fingerprint density at radius 3 is 2.15 bits per heavy atom. The number of ether oxygens (including phenoxy) is 3. The first-order valence-corrected chi connectivity index (χ1v) is 8.71. The fourth-order valence-electron chi connectivity index (χ4n) is 2.17. The lowest BCUT2D eigenvalue weighted by atomic mass is 10.2. The Bertz CT molecular complexity index is 698. The largest absolute Gasteiger partial charge is 0.454 e. The molecule has 0 aromatic carbocycles. The molecule has 0 saturated carbocycles. The van der Waals surface area contributed by atoms with Crippen molar-refractivity contribution in [2.45, 2.75) is 53.3 Å². The van der Waals surface area contributed by atoms with E-state index >= 15 is 0 Å². The number of carbonyl (C=O) groups is 3. The van der Waals surface area contributed by atoms with Gasteiger partial charge in [0.05, 0.1) is 32.0 Å². The van der Waals surface area contributed by atoms with Crippen LogP contribution in [0.25, 0.3) is 0 Å². The number of carbonyl (C=O) groups excluding carboxylic acids is 3. The van der Waals surface area contributed by atoms with Crippen LogP contribution in [0.15, 0.2) is 0 Å². The van der Waals surface area contributed by atoms with Crippen molar-refractivity contribution in [3.63, 3.8) is 0 Å². The van der Waals surface area contributed by atoms with E-state index in [2.05, 4.69) is 9.84 Å². The molecule has 0 radical (unpaired) electrons. The molecule has 10 nitrogen and oxygen atoms in total. The van der Waals surface area contributed by atoms with Gasteiger partial charge in [0.2, 0.25) is 0 Å². The van der Waals surface area contributed by atoms with Gasteiger partial charge in [-0.05, 0) is 34.6 Å². The van der Waals surface area contributed by atoms with E-state index in [9.17, 15) is 14.4 Å². The Balaban J connectivity index is 0.000000527. The number of hydrogen-bond donors (Lipinski definition) is 1. The molecule has 27 heavy (non-hydrogen) atoms. The maximum absolute atomic E-state index is 12.1. The normalized spacial score (nSPS) is 12.6. The second-order valence-electron chi connectivity index (χ2n) is 6.43. The van der Waals surface area contributed by atoms with E-state index in [1.165, 1.54) is 4.90 Å². The number of halogens is 1.